The minimum atomic E-state index is -1.35. The molecule has 1 aliphatic heterocycles. The van der Waals surface area contributed by atoms with E-state index in [0.717, 1.165) is 24.5 Å². The Morgan fingerprint density at radius 2 is 1.87 bits per heavy atom. The molecule has 1 aliphatic carbocycles. The van der Waals surface area contributed by atoms with Crippen molar-refractivity contribution in [2.75, 3.05) is 18.0 Å². The molecular formula is C22H20F2N4O3. The molecule has 2 atom stereocenters. The minimum absolute atomic E-state index is 0.0415. The Hall–Kier alpha value is -3.33. The Labute approximate surface area is 175 Å². The predicted molar refractivity (Wildman–Crippen MR) is 111 cm³/mol. The Balaban J connectivity index is 1.58. The number of carbonyl (C=O) groups is 1. The number of pyridine rings is 2. The quantitative estimate of drug-likeness (QED) is 0.665. The summed E-state index contributed by atoms with van der Waals surface area (Å²) in [6, 6.07) is 6.89. The monoisotopic (exact) mass is 426 g/mol. The first-order chi connectivity index (χ1) is 14.8. The summed E-state index contributed by atoms with van der Waals surface area (Å²) in [5.41, 5.74) is 6.28. The van der Waals surface area contributed by atoms with Crippen molar-refractivity contribution in [2.24, 2.45) is 5.73 Å². The van der Waals surface area contributed by atoms with Crippen LogP contribution in [0.25, 0.3) is 11.0 Å². The molecule has 0 unspecified atom stereocenters. The predicted octanol–water partition coefficient (Wildman–Crippen LogP) is 2.64. The van der Waals surface area contributed by atoms with Gasteiger partial charge in [-0.15, -0.1) is 0 Å². The molecule has 0 spiro atoms. The van der Waals surface area contributed by atoms with Crippen LogP contribution in [0.3, 0.4) is 0 Å². The molecule has 2 aromatic heterocycles. The van der Waals surface area contributed by atoms with E-state index in [4.69, 9.17) is 5.73 Å². The van der Waals surface area contributed by atoms with E-state index in [1.807, 2.05) is 0 Å². The van der Waals surface area contributed by atoms with Crippen molar-refractivity contribution in [1.29, 1.82) is 0 Å². The van der Waals surface area contributed by atoms with Gasteiger partial charge >= 0.3 is 5.97 Å². The van der Waals surface area contributed by atoms with Crippen LogP contribution in [0.5, 0.6) is 0 Å². The fourth-order valence-corrected chi connectivity index (χ4v) is 4.31. The molecule has 2 aliphatic rings. The second-order valence-electron chi connectivity index (χ2n) is 8.21. The van der Waals surface area contributed by atoms with Crippen LogP contribution in [0.1, 0.15) is 40.7 Å². The van der Waals surface area contributed by atoms with Crippen LogP contribution >= 0.6 is 0 Å². The Morgan fingerprint density at radius 3 is 2.52 bits per heavy atom. The second kappa shape index (κ2) is 7.12. The topological polar surface area (TPSA) is 101 Å². The van der Waals surface area contributed by atoms with Gasteiger partial charge in [-0.25, -0.2) is 18.6 Å². The number of anilines is 1. The van der Waals surface area contributed by atoms with Crippen LogP contribution in [-0.4, -0.2) is 39.8 Å². The summed E-state index contributed by atoms with van der Waals surface area (Å²) in [5, 5.41) is 9.31. The van der Waals surface area contributed by atoms with E-state index in [0.29, 0.717) is 13.1 Å². The lowest BCUT2D eigenvalue weighted by molar-refractivity contribution is 0.0695. The molecule has 5 rings (SSSR count). The number of nitrogens with two attached hydrogens (primary N) is 1. The number of aromatic nitrogens is 2. The lowest BCUT2D eigenvalue weighted by Gasteiger charge is -2.20. The molecule has 3 aromatic rings. The smallest absolute Gasteiger partial charge is 0.341 e. The molecule has 1 aromatic carbocycles. The zero-order valence-electron chi connectivity index (χ0n) is 16.5. The summed E-state index contributed by atoms with van der Waals surface area (Å²) in [7, 11) is 0. The fourth-order valence-electron chi connectivity index (χ4n) is 4.31. The van der Waals surface area contributed by atoms with Crippen molar-refractivity contribution in [3.8, 4) is 0 Å². The third-order valence-corrected chi connectivity index (χ3v) is 6.07. The summed E-state index contributed by atoms with van der Waals surface area (Å²) in [5.74, 6) is -2.45. The summed E-state index contributed by atoms with van der Waals surface area (Å²) >= 11 is 0. The first-order valence-corrected chi connectivity index (χ1v) is 10.1. The van der Waals surface area contributed by atoms with Gasteiger partial charge in [0, 0.05) is 37.3 Å². The van der Waals surface area contributed by atoms with Gasteiger partial charge in [-0.2, -0.15) is 0 Å². The number of hydrogen-bond acceptors (Lipinski definition) is 5. The van der Waals surface area contributed by atoms with E-state index in [2.05, 4.69) is 4.98 Å². The zero-order chi connectivity index (χ0) is 21.9. The van der Waals surface area contributed by atoms with Crippen molar-refractivity contribution < 1.29 is 18.7 Å². The van der Waals surface area contributed by atoms with Gasteiger partial charge in [-0.05, 0) is 36.6 Å². The highest BCUT2D eigenvalue weighted by Gasteiger charge is 2.34. The van der Waals surface area contributed by atoms with E-state index in [1.165, 1.54) is 18.3 Å². The number of rotatable bonds is 4. The Bertz CT molecular complexity index is 1250. The molecule has 0 amide bonds. The van der Waals surface area contributed by atoms with Crippen molar-refractivity contribution in [2.45, 2.75) is 30.8 Å². The number of halogens is 2. The fraction of sp³-hybridized carbons (Fsp3) is 0.318. The highest BCUT2D eigenvalue weighted by atomic mass is 19.1. The maximum absolute atomic E-state index is 15.1. The second-order valence-corrected chi connectivity index (χ2v) is 8.21. The first-order valence-electron chi connectivity index (χ1n) is 10.1. The lowest BCUT2D eigenvalue weighted by Crippen LogP contribution is -2.29. The number of carboxylic acid groups (broad SMARTS) is 1. The third-order valence-electron chi connectivity index (χ3n) is 6.07. The van der Waals surface area contributed by atoms with Gasteiger partial charge in [0.2, 0.25) is 5.43 Å². The molecule has 0 radical (unpaired) electrons. The third kappa shape index (κ3) is 3.34. The van der Waals surface area contributed by atoms with E-state index in [-0.39, 0.29) is 40.7 Å². The minimum Gasteiger partial charge on any atom is -0.477 e. The molecule has 160 valence electrons. The summed E-state index contributed by atoms with van der Waals surface area (Å²) in [6.07, 6.45) is 2.98. The van der Waals surface area contributed by atoms with Crippen molar-refractivity contribution in [3.63, 3.8) is 0 Å². The zero-order valence-corrected chi connectivity index (χ0v) is 16.5. The lowest BCUT2D eigenvalue weighted by atomic mass is 9.95. The van der Waals surface area contributed by atoms with E-state index in [1.54, 1.807) is 21.6 Å². The highest BCUT2D eigenvalue weighted by molar-refractivity contribution is 5.92. The van der Waals surface area contributed by atoms with E-state index < -0.39 is 22.8 Å². The van der Waals surface area contributed by atoms with Crippen LogP contribution < -0.4 is 16.1 Å². The number of benzene rings is 1. The highest BCUT2D eigenvalue weighted by Crippen LogP contribution is 2.38. The molecule has 3 N–H and O–H groups in total. The summed E-state index contributed by atoms with van der Waals surface area (Å²) in [6.45, 7) is 0.738. The maximum Gasteiger partial charge on any atom is 0.341 e. The Kier molecular flexibility index (Phi) is 4.51. The number of aromatic carboxylic acids is 1. The first kappa shape index (κ1) is 19.6. The molecule has 1 saturated carbocycles. The van der Waals surface area contributed by atoms with Crippen LogP contribution in [-0.2, 0) is 0 Å². The van der Waals surface area contributed by atoms with Gasteiger partial charge in [-0.3, -0.25) is 4.79 Å². The average Bonchev–Trinajstić information content (AvgIpc) is 3.50. The number of hydrogen-bond donors (Lipinski definition) is 2. The molecule has 1 saturated heterocycles. The van der Waals surface area contributed by atoms with Crippen LogP contribution in [0, 0.1) is 11.6 Å². The largest absolute Gasteiger partial charge is 0.477 e. The molecule has 31 heavy (non-hydrogen) atoms. The van der Waals surface area contributed by atoms with Gasteiger partial charge in [0.05, 0.1) is 5.39 Å². The van der Waals surface area contributed by atoms with Gasteiger partial charge in [0.1, 0.15) is 17.0 Å². The normalized spacial score (nSPS) is 21.1. The molecule has 3 heterocycles. The van der Waals surface area contributed by atoms with E-state index >= 15 is 4.39 Å². The standard InChI is InChI=1S/C22H20F2N4O3/c23-12-3-1-11(2-4-12)15-8-27(10-18(15)25)21-17(24)7-14-19(29)16(22(30)31)9-28(13-5-6-13)20(14)26-21/h1-4,7,9,13,15,18H,5-6,8,10,25H2,(H,30,31)/t15-,18+/m1/s1. The van der Waals surface area contributed by atoms with E-state index in [9.17, 15) is 19.1 Å². The van der Waals surface area contributed by atoms with Gasteiger partial charge < -0.3 is 20.3 Å². The number of nitrogens with zero attached hydrogens (tertiary/aromatic N) is 3. The molecule has 9 heteroatoms. The summed E-state index contributed by atoms with van der Waals surface area (Å²) < 4.78 is 30.0. The molecular weight excluding hydrogens is 406 g/mol. The number of fused-ring (bicyclic) bond motifs is 1. The molecule has 0 bridgehead atoms. The van der Waals surface area contributed by atoms with Crippen LogP contribution in [0.4, 0.5) is 14.6 Å². The van der Waals surface area contributed by atoms with Crippen LogP contribution in [0.15, 0.2) is 41.3 Å². The average molecular weight is 426 g/mol. The molecule has 2 fully saturated rings. The molecule has 7 nitrogen and oxygen atoms in total. The van der Waals surface area contributed by atoms with Gasteiger partial charge in [0.15, 0.2) is 11.6 Å². The number of carboxylic acids is 1. The van der Waals surface area contributed by atoms with Gasteiger partial charge in [-0.1, -0.05) is 12.1 Å². The summed E-state index contributed by atoms with van der Waals surface area (Å²) in [4.78, 5) is 30.3. The maximum atomic E-state index is 15.1. The van der Waals surface area contributed by atoms with Crippen molar-refractivity contribution in [3.05, 3.63) is 69.5 Å². The Morgan fingerprint density at radius 1 is 1.16 bits per heavy atom. The SMILES string of the molecule is N[C@H]1CN(c2nc3c(cc2F)c(=O)c(C(=O)O)cn3C2CC2)C[C@@H]1c1ccc(F)cc1. The van der Waals surface area contributed by atoms with Crippen molar-refractivity contribution >= 4 is 22.8 Å². The van der Waals surface area contributed by atoms with Crippen LogP contribution in [0.2, 0.25) is 0 Å². The van der Waals surface area contributed by atoms with Crippen molar-refractivity contribution in [1.82, 2.24) is 9.55 Å². The van der Waals surface area contributed by atoms with Gasteiger partial charge in [0.25, 0.3) is 0 Å².